The third kappa shape index (κ3) is 3.81. The van der Waals surface area contributed by atoms with Gasteiger partial charge in [-0.05, 0) is 37.0 Å². The molecule has 1 aromatic rings. The predicted molar refractivity (Wildman–Crippen MR) is 78.0 cm³/mol. The minimum Gasteiger partial charge on any atom is -0.393 e. The first-order chi connectivity index (χ1) is 10.0. The van der Waals surface area contributed by atoms with E-state index in [9.17, 15) is 14.3 Å². The molecular weight excluding hydrogens is 271 g/mol. The van der Waals surface area contributed by atoms with E-state index >= 15 is 0 Å². The van der Waals surface area contributed by atoms with Gasteiger partial charge in [0.15, 0.2) is 0 Å². The van der Waals surface area contributed by atoms with Gasteiger partial charge in [-0.2, -0.15) is 0 Å². The van der Waals surface area contributed by atoms with E-state index in [4.69, 9.17) is 5.73 Å². The Balaban J connectivity index is 2.15. The molecule has 0 bridgehead atoms. The van der Waals surface area contributed by atoms with Crippen LogP contribution >= 0.6 is 0 Å². The SMILES string of the molecule is CN(CC1CC(O)C1)C(=O)c1cc(F)ccc1C#CCN. The Morgan fingerprint density at radius 2 is 2.24 bits per heavy atom. The van der Waals surface area contributed by atoms with Gasteiger partial charge in [-0.15, -0.1) is 0 Å². The van der Waals surface area contributed by atoms with Crippen molar-refractivity contribution in [1.82, 2.24) is 4.90 Å². The van der Waals surface area contributed by atoms with Gasteiger partial charge < -0.3 is 15.7 Å². The Hall–Kier alpha value is -1.90. The van der Waals surface area contributed by atoms with E-state index in [1.165, 1.54) is 18.2 Å². The van der Waals surface area contributed by atoms with E-state index in [2.05, 4.69) is 11.8 Å². The first-order valence-corrected chi connectivity index (χ1v) is 6.93. The summed E-state index contributed by atoms with van der Waals surface area (Å²) >= 11 is 0. The van der Waals surface area contributed by atoms with Gasteiger partial charge in [0.1, 0.15) is 5.82 Å². The van der Waals surface area contributed by atoms with Crippen molar-refractivity contribution in [3.05, 3.63) is 35.1 Å². The summed E-state index contributed by atoms with van der Waals surface area (Å²) in [4.78, 5) is 14.0. The van der Waals surface area contributed by atoms with Gasteiger partial charge in [-0.25, -0.2) is 4.39 Å². The fraction of sp³-hybridized carbons (Fsp3) is 0.438. The zero-order valence-corrected chi connectivity index (χ0v) is 12.0. The summed E-state index contributed by atoms with van der Waals surface area (Å²) in [7, 11) is 1.68. The van der Waals surface area contributed by atoms with E-state index in [1.807, 2.05) is 0 Å². The number of carbonyl (C=O) groups excluding carboxylic acids is 1. The molecule has 5 heteroatoms. The second-order valence-corrected chi connectivity index (χ2v) is 5.37. The molecule has 0 unspecified atom stereocenters. The van der Waals surface area contributed by atoms with Crippen molar-refractivity contribution in [2.24, 2.45) is 11.7 Å². The summed E-state index contributed by atoms with van der Waals surface area (Å²) in [5.41, 5.74) is 6.06. The molecule has 0 radical (unpaired) electrons. The topological polar surface area (TPSA) is 66.6 Å². The Kier molecular flexibility index (Phi) is 4.94. The van der Waals surface area contributed by atoms with Crippen LogP contribution < -0.4 is 5.73 Å². The lowest BCUT2D eigenvalue weighted by Crippen LogP contribution is -2.39. The van der Waals surface area contributed by atoms with E-state index in [1.54, 1.807) is 11.9 Å². The maximum atomic E-state index is 13.4. The van der Waals surface area contributed by atoms with Gasteiger partial charge in [0.25, 0.3) is 5.91 Å². The molecule has 21 heavy (non-hydrogen) atoms. The smallest absolute Gasteiger partial charge is 0.254 e. The van der Waals surface area contributed by atoms with Crippen LogP contribution in [0.3, 0.4) is 0 Å². The first kappa shape index (κ1) is 15.5. The Morgan fingerprint density at radius 1 is 1.52 bits per heavy atom. The lowest BCUT2D eigenvalue weighted by Gasteiger charge is -2.34. The molecule has 112 valence electrons. The molecule has 1 aromatic carbocycles. The van der Waals surface area contributed by atoms with Crippen molar-refractivity contribution in [2.45, 2.75) is 18.9 Å². The van der Waals surface area contributed by atoms with E-state index in [0.717, 1.165) is 0 Å². The second-order valence-electron chi connectivity index (χ2n) is 5.37. The minimum absolute atomic E-state index is 0.181. The van der Waals surface area contributed by atoms with Crippen LogP contribution in [0.15, 0.2) is 18.2 Å². The van der Waals surface area contributed by atoms with E-state index in [0.29, 0.717) is 30.9 Å². The summed E-state index contributed by atoms with van der Waals surface area (Å²) in [6, 6.07) is 3.97. The predicted octanol–water partition coefficient (Wildman–Crippen LogP) is 0.979. The number of aliphatic hydroxyl groups excluding tert-OH is 1. The highest BCUT2D eigenvalue weighted by atomic mass is 19.1. The van der Waals surface area contributed by atoms with Crippen molar-refractivity contribution < 1.29 is 14.3 Å². The summed E-state index contributed by atoms with van der Waals surface area (Å²) in [5, 5.41) is 9.28. The van der Waals surface area contributed by atoms with Crippen LogP contribution in [0, 0.1) is 23.6 Å². The lowest BCUT2D eigenvalue weighted by atomic mass is 9.82. The van der Waals surface area contributed by atoms with Gasteiger partial charge in [0.2, 0.25) is 0 Å². The molecule has 0 aromatic heterocycles. The molecule has 0 atom stereocenters. The molecule has 0 spiro atoms. The molecule has 1 saturated carbocycles. The van der Waals surface area contributed by atoms with Crippen LogP contribution in [-0.2, 0) is 0 Å². The third-order valence-electron chi connectivity index (χ3n) is 3.63. The molecule has 1 amide bonds. The molecule has 1 aliphatic rings. The number of nitrogens with zero attached hydrogens (tertiary/aromatic N) is 1. The van der Waals surface area contributed by atoms with Crippen LogP contribution in [0.25, 0.3) is 0 Å². The van der Waals surface area contributed by atoms with Gasteiger partial charge in [0.05, 0.1) is 18.2 Å². The minimum atomic E-state index is -0.468. The highest BCUT2D eigenvalue weighted by molar-refractivity contribution is 5.96. The molecule has 1 fully saturated rings. The number of rotatable bonds is 3. The summed E-state index contributed by atoms with van der Waals surface area (Å²) in [6.07, 6.45) is 1.17. The molecule has 2 rings (SSSR count). The average Bonchev–Trinajstić information content (AvgIpc) is 2.43. The molecule has 0 heterocycles. The third-order valence-corrected chi connectivity index (χ3v) is 3.63. The van der Waals surface area contributed by atoms with Crippen LogP contribution in [0.1, 0.15) is 28.8 Å². The monoisotopic (exact) mass is 290 g/mol. The summed E-state index contributed by atoms with van der Waals surface area (Å²) in [6.45, 7) is 0.733. The number of aliphatic hydroxyl groups is 1. The van der Waals surface area contributed by atoms with Crippen molar-refractivity contribution >= 4 is 5.91 Å². The van der Waals surface area contributed by atoms with E-state index in [-0.39, 0.29) is 24.1 Å². The van der Waals surface area contributed by atoms with Gasteiger partial charge >= 0.3 is 0 Å². The fourth-order valence-corrected chi connectivity index (χ4v) is 2.47. The molecule has 0 saturated heterocycles. The van der Waals surface area contributed by atoms with E-state index < -0.39 is 5.82 Å². The number of halogens is 1. The summed E-state index contributed by atoms with van der Waals surface area (Å²) < 4.78 is 13.4. The molecule has 4 nitrogen and oxygen atoms in total. The zero-order chi connectivity index (χ0) is 15.4. The van der Waals surface area contributed by atoms with Crippen LogP contribution in [0.5, 0.6) is 0 Å². The number of nitrogens with two attached hydrogens (primary N) is 1. The van der Waals surface area contributed by atoms with Crippen LogP contribution in [0.2, 0.25) is 0 Å². The van der Waals surface area contributed by atoms with Crippen molar-refractivity contribution in [3.63, 3.8) is 0 Å². The highest BCUT2D eigenvalue weighted by Gasteiger charge is 2.29. The maximum absolute atomic E-state index is 13.4. The number of carbonyl (C=O) groups is 1. The Labute approximate surface area is 123 Å². The molecule has 1 aliphatic carbocycles. The summed E-state index contributed by atoms with van der Waals surface area (Å²) in [5.74, 6) is 5.05. The number of hydrogen-bond acceptors (Lipinski definition) is 3. The van der Waals surface area contributed by atoms with Crippen molar-refractivity contribution in [2.75, 3.05) is 20.1 Å². The molecular formula is C16H19FN2O2. The normalized spacial score (nSPS) is 20.2. The lowest BCUT2D eigenvalue weighted by molar-refractivity contribution is 0.0265. The van der Waals surface area contributed by atoms with Gasteiger partial charge in [-0.3, -0.25) is 4.79 Å². The maximum Gasteiger partial charge on any atom is 0.254 e. The molecule has 0 aliphatic heterocycles. The standard InChI is InChI=1S/C16H19FN2O2/c1-19(10-11-7-14(20)8-11)16(21)15-9-13(17)5-4-12(15)3-2-6-18/h4-5,9,11,14,20H,6-8,10,18H2,1H3. The van der Waals surface area contributed by atoms with Crippen molar-refractivity contribution in [3.8, 4) is 11.8 Å². The largest absolute Gasteiger partial charge is 0.393 e. The number of amides is 1. The fourth-order valence-electron chi connectivity index (χ4n) is 2.47. The number of hydrogen-bond donors (Lipinski definition) is 2. The van der Waals surface area contributed by atoms with Crippen LogP contribution in [0.4, 0.5) is 4.39 Å². The van der Waals surface area contributed by atoms with Crippen LogP contribution in [-0.4, -0.2) is 42.2 Å². The van der Waals surface area contributed by atoms with Gasteiger partial charge in [0, 0.05) is 19.2 Å². The second kappa shape index (κ2) is 6.70. The zero-order valence-electron chi connectivity index (χ0n) is 12.0. The highest BCUT2D eigenvalue weighted by Crippen LogP contribution is 2.28. The molecule has 3 N–H and O–H groups in total. The van der Waals surface area contributed by atoms with Crippen molar-refractivity contribution in [1.29, 1.82) is 0 Å². The Bertz CT molecular complexity index is 586. The quantitative estimate of drug-likeness (QED) is 0.816. The van der Waals surface area contributed by atoms with Gasteiger partial charge in [-0.1, -0.05) is 11.8 Å². The number of benzene rings is 1. The Morgan fingerprint density at radius 3 is 2.86 bits per heavy atom. The first-order valence-electron chi connectivity index (χ1n) is 6.93. The average molecular weight is 290 g/mol.